The first-order valence-electron chi connectivity index (χ1n) is 6.81. The fraction of sp³-hybridized carbons (Fsp3) is 0.929. The quantitative estimate of drug-likeness (QED) is 0.631. The molecule has 0 aromatic rings. The zero-order valence-electron chi connectivity index (χ0n) is 12.4. The van der Waals surface area contributed by atoms with Gasteiger partial charge < -0.3 is 5.32 Å². The van der Waals surface area contributed by atoms with E-state index in [0.717, 1.165) is 19.6 Å². The van der Waals surface area contributed by atoms with E-state index in [4.69, 9.17) is 0 Å². The first-order chi connectivity index (χ1) is 7.82. The van der Waals surface area contributed by atoms with Crippen LogP contribution >= 0.6 is 0 Å². The van der Waals surface area contributed by atoms with E-state index < -0.39 is 0 Å². The van der Waals surface area contributed by atoms with Gasteiger partial charge in [0.1, 0.15) is 5.78 Å². The van der Waals surface area contributed by atoms with E-state index in [-0.39, 0.29) is 5.92 Å². The Hall–Kier alpha value is -0.410. The van der Waals surface area contributed by atoms with Crippen LogP contribution in [0.1, 0.15) is 48.0 Å². The van der Waals surface area contributed by atoms with Gasteiger partial charge in [0.05, 0.1) is 6.54 Å². The lowest BCUT2D eigenvalue weighted by Crippen LogP contribution is -2.42. The van der Waals surface area contributed by atoms with Crippen molar-refractivity contribution >= 4 is 5.78 Å². The van der Waals surface area contributed by atoms with Gasteiger partial charge in [0, 0.05) is 25.2 Å². The number of rotatable bonds is 9. The van der Waals surface area contributed by atoms with E-state index in [1.54, 1.807) is 0 Å². The van der Waals surface area contributed by atoms with E-state index in [2.05, 4.69) is 37.9 Å². The van der Waals surface area contributed by atoms with Crippen molar-refractivity contribution in [2.75, 3.05) is 19.8 Å². The molecule has 3 heteroatoms. The largest absolute Gasteiger partial charge is 0.302 e. The highest BCUT2D eigenvalue weighted by Crippen LogP contribution is 2.04. The average Bonchev–Trinajstić information content (AvgIpc) is 2.21. The highest BCUT2D eigenvalue weighted by atomic mass is 16.1. The smallest absolute Gasteiger partial charge is 0.149 e. The van der Waals surface area contributed by atoms with Crippen molar-refractivity contribution in [1.29, 1.82) is 0 Å². The molecule has 0 saturated carbocycles. The molecular formula is C14H30N2O. The number of hydrogen-bond acceptors (Lipinski definition) is 3. The summed E-state index contributed by atoms with van der Waals surface area (Å²) in [4.78, 5) is 14.0. The van der Waals surface area contributed by atoms with Gasteiger partial charge in [-0.2, -0.15) is 0 Å². The van der Waals surface area contributed by atoms with Crippen molar-refractivity contribution in [3.05, 3.63) is 0 Å². The molecule has 0 aromatic heterocycles. The third-order valence-electron chi connectivity index (χ3n) is 2.77. The van der Waals surface area contributed by atoms with Gasteiger partial charge in [-0.1, -0.05) is 27.7 Å². The molecule has 0 aliphatic carbocycles. The molecule has 0 radical (unpaired) electrons. The normalized spacial score (nSPS) is 12.1. The summed E-state index contributed by atoms with van der Waals surface area (Å²) in [7, 11) is 0. The number of nitrogens with one attached hydrogen (secondary N) is 1. The first kappa shape index (κ1) is 16.6. The molecule has 0 amide bonds. The fourth-order valence-corrected chi connectivity index (χ4v) is 1.37. The zero-order chi connectivity index (χ0) is 13.4. The second-order valence-electron chi connectivity index (χ2n) is 5.87. The summed E-state index contributed by atoms with van der Waals surface area (Å²) < 4.78 is 0. The molecule has 102 valence electrons. The predicted molar refractivity (Wildman–Crippen MR) is 74.0 cm³/mol. The Labute approximate surface area is 107 Å². The van der Waals surface area contributed by atoms with Crippen LogP contribution < -0.4 is 5.32 Å². The van der Waals surface area contributed by atoms with Crippen LogP contribution in [0, 0.1) is 11.8 Å². The molecule has 1 N–H and O–H groups in total. The van der Waals surface area contributed by atoms with Crippen LogP contribution in [0.4, 0.5) is 0 Å². The maximum Gasteiger partial charge on any atom is 0.149 e. The Morgan fingerprint density at radius 2 is 1.71 bits per heavy atom. The monoisotopic (exact) mass is 242 g/mol. The van der Waals surface area contributed by atoms with Crippen LogP contribution in [-0.2, 0) is 4.79 Å². The van der Waals surface area contributed by atoms with E-state index in [1.807, 2.05) is 13.8 Å². The highest BCUT2D eigenvalue weighted by Gasteiger charge is 2.14. The minimum Gasteiger partial charge on any atom is -0.302 e. The second-order valence-corrected chi connectivity index (χ2v) is 5.87. The molecule has 0 bridgehead atoms. The van der Waals surface area contributed by atoms with Crippen LogP contribution in [0.15, 0.2) is 0 Å². The summed E-state index contributed by atoms with van der Waals surface area (Å²) >= 11 is 0. The lowest BCUT2D eigenvalue weighted by Gasteiger charge is -2.24. The molecule has 0 heterocycles. The third-order valence-corrected chi connectivity index (χ3v) is 2.77. The number of carbonyl (C=O) groups excluding carboxylic acids is 1. The Bertz CT molecular complexity index is 200. The zero-order valence-corrected chi connectivity index (χ0v) is 12.4. The lowest BCUT2D eigenvalue weighted by molar-refractivity contribution is -0.123. The van der Waals surface area contributed by atoms with Crippen LogP contribution in [0.2, 0.25) is 0 Å². The molecule has 0 spiro atoms. The molecular weight excluding hydrogens is 212 g/mol. The van der Waals surface area contributed by atoms with Gasteiger partial charge in [-0.3, -0.25) is 9.69 Å². The SMILES string of the molecule is CC(C)CCN(CNC(C)C)CC(=O)C(C)C. The number of Topliss-reactive ketones (excluding diaryl/α,β-unsaturated/α-hetero) is 1. The first-order valence-corrected chi connectivity index (χ1v) is 6.81. The van der Waals surface area contributed by atoms with Gasteiger partial charge in [0.25, 0.3) is 0 Å². The predicted octanol–water partition coefficient (Wildman–Crippen LogP) is 2.52. The summed E-state index contributed by atoms with van der Waals surface area (Å²) in [5.74, 6) is 1.15. The summed E-state index contributed by atoms with van der Waals surface area (Å²) in [5.41, 5.74) is 0. The van der Waals surface area contributed by atoms with Gasteiger partial charge in [0.15, 0.2) is 0 Å². The molecule has 0 rings (SSSR count). The van der Waals surface area contributed by atoms with Crippen molar-refractivity contribution in [3.63, 3.8) is 0 Å². The van der Waals surface area contributed by atoms with Gasteiger partial charge in [-0.25, -0.2) is 0 Å². The van der Waals surface area contributed by atoms with E-state index in [9.17, 15) is 4.79 Å². The number of ketones is 1. The average molecular weight is 242 g/mol. The Morgan fingerprint density at radius 1 is 1.12 bits per heavy atom. The number of carbonyl (C=O) groups is 1. The highest BCUT2D eigenvalue weighted by molar-refractivity contribution is 5.82. The van der Waals surface area contributed by atoms with E-state index in [0.29, 0.717) is 24.3 Å². The lowest BCUT2D eigenvalue weighted by atomic mass is 10.1. The summed E-state index contributed by atoms with van der Waals surface area (Å²) in [6.45, 7) is 15.0. The fourth-order valence-electron chi connectivity index (χ4n) is 1.37. The maximum absolute atomic E-state index is 11.8. The minimum absolute atomic E-state index is 0.135. The third kappa shape index (κ3) is 9.31. The van der Waals surface area contributed by atoms with Crippen molar-refractivity contribution in [3.8, 4) is 0 Å². The summed E-state index contributed by atoms with van der Waals surface area (Å²) in [6, 6.07) is 0.464. The Kier molecular flexibility index (Phi) is 8.44. The molecule has 0 atom stereocenters. The molecule has 0 aliphatic rings. The van der Waals surface area contributed by atoms with Crippen LogP contribution in [0.3, 0.4) is 0 Å². The molecule has 0 aliphatic heterocycles. The number of nitrogens with zero attached hydrogens (tertiary/aromatic N) is 1. The molecule has 0 aromatic carbocycles. The topological polar surface area (TPSA) is 32.3 Å². The Morgan fingerprint density at radius 3 is 2.12 bits per heavy atom. The van der Waals surface area contributed by atoms with E-state index in [1.165, 1.54) is 0 Å². The minimum atomic E-state index is 0.135. The van der Waals surface area contributed by atoms with Crippen LogP contribution in [0.5, 0.6) is 0 Å². The molecule has 17 heavy (non-hydrogen) atoms. The number of hydrogen-bond donors (Lipinski definition) is 1. The van der Waals surface area contributed by atoms with Crippen LogP contribution in [0.25, 0.3) is 0 Å². The van der Waals surface area contributed by atoms with E-state index >= 15 is 0 Å². The Balaban J connectivity index is 4.14. The van der Waals surface area contributed by atoms with Gasteiger partial charge in [-0.05, 0) is 26.2 Å². The van der Waals surface area contributed by atoms with Crippen molar-refractivity contribution in [2.24, 2.45) is 11.8 Å². The van der Waals surface area contributed by atoms with Crippen molar-refractivity contribution in [2.45, 2.75) is 54.0 Å². The second kappa shape index (κ2) is 8.65. The summed E-state index contributed by atoms with van der Waals surface area (Å²) in [5, 5.41) is 3.39. The molecule has 3 nitrogen and oxygen atoms in total. The molecule has 0 saturated heterocycles. The molecule has 0 unspecified atom stereocenters. The van der Waals surface area contributed by atoms with Crippen molar-refractivity contribution < 1.29 is 4.79 Å². The van der Waals surface area contributed by atoms with Gasteiger partial charge in [-0.15, -0.1) is 0 Å². The summed E-state index contributed by atoms with van der Waals surface area (Å²) in [6.07, 6.45) is 1.14. The maximum atomic E-state index is 11.8. The standard InChI is InChI=1S/C14H30N2O/c1-11(2)7-8-16(10-15-13(5)6)9-14(17)12(3)4/h11-13,15H,7-10H2,1-6H3. The molecule has 0 fully saturated rings. The van der Waals surface area contributed by atoms with Gasteiger partial charge >= 0.3 is 0 Å². The van der Waals surface area contributed by atoms with Crippen molar-refractivity contribution in [1.82, 2.24) is 10.2 Å². The van der Waals surface area contributed by atoms with Crippen LogP contribution in [-0.4, -0.2) is 36.5 Å². The van der Waals surface area contributed by atoms with Gasteiger partial charge in [0.2, 0.25) is 0 Å².